The van der Waals surface area contributed by atoms with E-state index in [4.69, 9.17) is 22.1 Å². The Morgan fingerprint density at radius 1 is 1.53 bits per heavy atom. The molecule has 1 fully saturated rings. The number of ether oxygens (including phenoxy) is 1. The molecule has 1 aromatic rings. The Kier molecular flexibility index (Phi) is 3.74. The second-order valence-corrected chi connectivity index (χ2v) is 6.22. The Morgan fingerprint density at radius 3 is 2.74 bits per heavy atom. The van der Waals surface area contributed by atoms with Crippen molar-refractivity contribution in [2.45, 2.75) is 37.8 Å². The van der Waals surface area contributed by atoms with Crippen molar-refractivity contribution >= 4 is 17.7 Å². The molecule has 0 unspecified atom stereocenters. The van der Waals surface area contributed by atoms with Crippen LogP contribution in [-0.4, -0.2) is 18.2 Å². The van der Waals surface area contributed by atoms with Crippen LogP contribution in [0.15, 0.2) is 24.3 Å². The molecule has 0 heterocycles. The highest BCUT2D eigenvalue weighted by atomic mass is 35.5. The fourth-order valence-electron chi connectivity index (χ4n) is 1.88. The average molecular weight is 283 g/mol. The molecule has 0 bridgehead atoms. The van der Waals surface area contributed by atoms with E-state index in [1.165, 1.54) is 0 Å². The number of nitrogens with one attached hydrogen (secondary N) is 1. The largest absolute Gasteiger partial charge is 0.448 e. The van der Waals surface area contributed by atoms with Crippen molar-refractivity contribution < 1.29 is 9.53 Å². The number of rotatable bonds is 4. The van der Waals surface area contributed by atoms with Crippen molar-refractivity contribution in [3.05, 3.63) is 34.9 Å². The summed E-state index contributed by atoms with van der Waals surface area (Å²) >= 11 is 5.98. The zero-order valence-corrected chi connectivity index (χ0v) is 12.0. The summed E-state index contributed by atoms with van der Waals surface area (Å²) in [6.07, 6.45) is 1.36. The number of benzene rings is 1. The van der Waals surface area contributed by atoms with Gasteiger partial charge in [0.2, 0.25) is 0 Å². The van der Waals surface area contributed by atoms with Gasteiger partial charge in [-0.15, -0.1) is 0 Å². The van der Waals surface area contributed by atoms with Crippen LogP contribution in [0.5, 0.6) is 0 Å². The van der Waals surface area contributed by atoms with E-state index < -0.39 is 11.6 Å². The van der Waals surface area contributed by atoms with Crippen LogP contribution in [0.25, 0.3) is 0 Å². The van der Waals surface area contributed by atoms with Crippen molar-refractivity contribution in [2.75, 3.05) is 6.61 Å². The Balaban J connectivity index is 1.97. The molecule has 1 aromatic carbocycles. The van der Waals surface area contributed by atoms with E-state index in [0.717, 1.165) is 18.4 Å². The van der Waals surface area contributed by atoms with Crippen LogP contribution in [0, 0.1) is 0 Å². The summed E-state index contributed by atoms with van der Waals surface area (Å²) in [7, 11) is 0. The Labute approximate surface area is 118 Å². The topological polar surface area (TPSA) is 64.3 Å². The van der Waals surface area contributed by atoms with E-state index in [1.54, 1.807) is 0 Å². The number of carbonyl (C=O) groups excluding carboxylic acids is 1. The van der Waals surface area contributed by atoms with Crippen LogP contribution in [0.2, 0.25) is 5.02 Å². The number of amides is 1. The molecular formula is C14H19ClN2O2. The van der Waals surface area contributed by atoms with Crippen molar-refractivity contribution in [1.29, 1.82) is 0 Å². The van der Waals surface area contributed by atoms with Gasteiger partial charge in [-0.3, -0.25) is 0 Å². The van der Waals surface area contributed by atoms with Gasteiger partial charge < -0.3 is 15.8 Å². The van der Waals surface area contributed by atoms with E-state index in [1.807, 2.05) is 38.1 Å². The molecule has 2 rings (SSSR count). The summed E-state index contributed by atoms with van der Waals surface area (Å²) < 4.78 is 5.13. The highest BCUT2D eigenvalue weighted by molar-refractivity contribution is 6.30. The fourth-order valence-corrected chi connectivity index (χ4v) is 2.07. The summed E-state index contributed by atoms with van der Waals surface area (Å²) in [4.78, 5) is 11.8. The lowest BCUT2D eigenvalue weighted by molar-refractivity contribution is 0.120. The molecule has 0 aliphatic heterocycles. The molecule has 5 heteroatoms. The van der Waals surface area contributed by atoms with Gasteiger partial charge in [0, 0.05) is 10.6 Å². The quantitative estimate of drug-likeness (QED) is 0.892. The first-order valence-corrected chi connectivity index (χ1v) is 6.68. The third-order valence-corrected chi connectivity index (χ3v) is 3.28. The summed E-state index contributed by atoms with van der Waals surface area (Å²) in [5.41, 5.74) is 5.95. The van der Waals surface area contributed by atoms with Crippen molar-refractivity contribution in [3.63, 3.8) is 0 Å². The lowest BCUT2D eigenvalue weighted by Gasteiger charge is -2.21. The van der Waals surface area contributed by atoms with Gasteiger partial charge in [0.1, 0.15) is 6.61 Å². The summed E-state index contributed by atoms with van der Waals surface area (Å²) in [6.45, 7) is 3.80. The average Bonchev–Trinajstić information content (AvgIpc) is 3.07. The molecule has 0 spiro atoms. The Hall–Kier alpha value is -1.26. The standard InChI is InChI=1S/C14H19ClN2O2/c1-13(2,16)9-19-12(18)17-14(6-7-14)10-4-3-5-11(15)8-10/h3-5,8H,6-7,9,16H2,1-2H3,(H,17,18). The molecule has 4 nitrogen and oxygen atoms in total. The van der Waals surface area contributed by atoms with Crippen molar-refractivity contribution in [2.24, 2.45) is 5.73 Å². The number of nitrogens with two attached hydrogens (primary N) is 1. The predicted octanol–water partition coefficient (Wildman–Crippen LogP) is 2.79. The first kappa shape index (κ1) is 14.2. The number of carbonyl (C=O) groups is 1. The van der Waals surface area contributed by atoms with Crippen LogP contribution in [0.1, 0.15) is 32.3 Å². The minimum absolute atomic E-state index is 0.185. The normalized spacial score (nSPS) is 16.8. The van der Waals surface area contributed by atoms with Crippen molar-refractivity contribution in [3.8, 4) is 0 Å². The summed E-state index contributed by atoms with van der Waals surface area (Å²) in [5.74, 6) is 0. The minimum atomic E-state index is -0.524. The molecule has 3 N–H and O–H groups in total. The molecular weight excluding hydrogens is 264 g/mol. The summed E-state index contributed by atoms with van der Waals surface area (Å²) in [5, 5.41) is 3.58. The van der Waals surface area contributed by atoms with Gasteiger partial charge in [0.15, 0.2) is 0 Å². The molecule has 0 radical (unpaired) electrons. The Bertz CT molecular complexity index is 479. The predicted molar refractivity (Wildman–Crippen MR) is 75.1 cm³/mol. The maximum absolute atomic E-state index is 11.8. The van der Waals surface area contributed by atoms with Crippen LogP contribution >= 0.6 is 11.6 Å². The highest BCUT2D eigenvalue weighted by Crippen LogP contribution is 2.46. The molecule has 0 aromatic heterocycles. The van der Waals surface area contributed by atoms with Gasteiger partial charge in [-0.1, -0.05) is 23.7 Å². The first-order valence-electron chi connectivity index (χ1n) is 6.31. The third kappa shape index (κ3) is 3.85. The zero-order valence-electron chi connectivity index (χ0n) is 11.2. The lowest BCUT2D eigenvalue weighted by atomic mass is 10.1. The zero-order chi connectivity index (χ0) is 14.1. The van der Waals surface area contributed by atoms with Crippen LogP contribution < -0.4 is 11.1 Å². The Morgan fingerprint density at radius 2 is 2.21 bits per heavy atom. The monoisotopic (exact) mass is 282 g/mol. The van der Waals surface area contributed by atoms with E-state index in [2.05, 4.69) is 5.32 Å². The van der Waals surface area contributed by atoms with E-state index in [0.29, 0.717) is 5.02 Å². The second kappa shape index (κ2) is 5.02. The second-order valence-electron chi connectivity index (χ2n) is 5.78. The van der Waals surface area contributed by atoms with Crippen LogP contribution in [0.3, 0.4) is 0 Å². The maximum Gasteiger partial charge on any atom is 0.407 e. The van der Waals surface area contributed by atoms with Crippen LogP contribution in [-0.2, 0) is 10.3 Å². The smallest absolute Gasteiger partial charge is 0.407 e. The van der Waals surface area contributed by atoms with E-state index in [9.17, 15) is 4.79 Å². The third-order valence-electron chi connectivity index (χ3n) is 3.04. The van der Waals surface area contributed by atoms with E-state index >= 15 is 0 Å². The molecule has 1 aliphatic rings. The van der Waals surface area contributed by atoms with Gasteiger partial charge in [-0.05, 0) is 44.4 Å². The molecule has 19 heavy (non-hydrogen) atoms. The first-order chi connectivity index (χ1) is 8.81. The number of hydrogen-bond donors (Lipinski definition) is 2. The molecule has 0 saturated heterocycles. The number of halogens is 1. The minimum Gasteiger partial charge on any atom is -0.448 e. The van der Waals surface area contributed by atoms with Gasteiger partial charge in [0.25, 0.3) is 0 Å². The molecule has 104 valence electrons. The van der Waals surface area contributed by atoms with Gasteiger partial charge in [-0.25, -0.2) is 4.79 Å². The van der Waals surface area contributed by atoms with Gasteiger partial charge in [-0.2, -0.15) is 0 Å². The van der Waals surface area contributed by atoms with Gasteiger partial charge >= 0.3 is 6.09 Å². The van der Waals surface area contributed by atoms with Crippen molar-refractivity contribution in [1.82, 2.24) is 5.32 Å². The molecule has 1 amide bonds. The van der Waals surface area contributed by atoms with Gasteiger partial charge in [0.05, 0.1) is 5.54 Å². The maximum atomic E-state index is 11.8. The SMILES string of the molecule is CC(C)(N)COC(=O)NC1(c2cccc(Cl)c2)CC1. The lowest BCUT2D eigenvalue weighted by Crippen LogP contribution is -2.42. The summed E-state index contributed by atoms with van der Waals surface area (Å²) in [6, 6.07) is 7.54. The molecule has 0 atom stereocenters. The molecule has 1 aliphatic carbocycles. The highest BCUT2D eigenvalue weighted by Gasteiger charge is 2.46. The molecule has 1 saturated carbocycles. The number of alkyl carbamates (subject to hydrolysis) is 1. The fraction of sp³-hybridized carbons (Fsp3) is 0.500. The van der Waals surface area contributed by atoms with E-state index in [-0.39, 0.29) is 12.1 Å². The number of hydrogen-bond acceptors (Lipinski definition) is 3. The van der Waals surface area contributed by atoms with Crippen LogP contribution in [0.4, 0.5) is 4.79 Å².